The lowest BCUT2D eigenvalue weighted by molar-refractivity contribution is -0.118. The zero-order valence-electron chi connectivity index (χ0n) is 17.3. The van der Waals surface area contributed by atoms with Crippen LogP contribution in [0.2, 0.25) is 0 Å². The molecule has 2 aromatic rings. The Morgan fingerprint density at radius 3 is 2.39 bits per heavy atom. The summed E-state index contributed by atoms with van der Waals surface area (Å²) in [5.74, 6) is 1.80. The average molecular weight is 383 g/mol. The second-order valence-electron chi connectivity index (χ2n) is 7.82. The standard InChI is InChI=1S/C23H30N2O3/c1-14(2)22(18-8-9-20-21(13-18)28-11-10-27-20)24-17(5)23(26)25-19-12-15(3)6-7-16(19)4/h6-9,12-14,17,22,24H,10-11H2,1-5H3,(H,25,26). The van der Waals surface area contributed by atoms with E-state index in [1.165, 1.54) is 0 Å². The Morgan fingerprint density at radius 2 is 1.68 bits per heavy atom. The molecule has 0 aliphatic carbocycles. The summed E-state index contributed by atoms with van der Waals surface area (Å²) < 4.78 is 11.3. The van der Waals surface area contributed by atoms with Gasteiger partial charge in [-0.05, 0) is 61.6 Å². The molecule has 3 rings (SSSR count). The molecule has 2 aromatic carbocycles. The van der Waals surface area contributed by atoms with Crippen LogP contribution in [0.3, 0.4) is 0 Å². The monoisotopic (exact) mass is 382 g/mol. The molecule has 0 saturated heterocycles. The SMILES string of the molecule is Cc1ccc(C)c(NC(=O)C(C)NC(c2ccc3c(c2)OCCO3)C(C)C)c1. The van der Waals surface area contributed by atoms with Crippen molar-refractivity contribution in [1.29, 1.82) is 0 Å². The van der Waals surface area contributed by atoms with Crippen molar-refractivity contribution in [3.8, 4) is 11.5 Å². The van der Waals surface area contributed by atoms with E-state index in [1.807, 2.05) is 57.2 Å². The van der Waals surface area contributed by atoms with Crippen LogP contribution < -0.4 is 20.1 Å². The Balaban J connectivity index is 1.73. The minimum Gasteiger partial charge on any atom is -0.486 e. The zero-order chi connectivity index (χ0) is 20.3. The summed E-state index contributed by atoms with van der Waals surface area (Å²) in [5.41, 5.74) is 4.13. The number of benzene rings is 2. The van der Waals surface area contributed by atoms with Gasteiger partial charge in [0.25, 0.3) is 0 Å². The largest absolute Gasteiger partial charge is 0.486 e. The van der Waals surface area contributed by atoms with Gasteiger partial charge in [0.05, 0.1) is 6.04 Å². The van der Waals surface area contributed by atoms with Crippen molar-refractivity contribution >= 4 is 11.6 Å². The number of nitrogens with one attached hydrogen (secondary N) is 2. The van der Waals surface area contributed by atoms with E-state index < -0.39 is 0 Å². The molecule has 5 heteroatoms. The van der Waals surface area contributed by atoms with E-state index in [-0.39, 0.29) is 18.0 Å². The van der Waals surface area contributed by atoms with Crippen LogP contribution in [-0.4, -0.2) is 25.2 Å². The first-order valence-corrected chi connectivity index (χ1v) is 9.89. The average Bonchev–Trinajstić information content (AvgIpc) is 2.68. The molecule has 0 spiro atoms. The van der Waals surface area contributed by atoms with E-state index in [9.17, 15) is 4.79 Å². The summed E-state index contributed by atoms with van der Waals surface area (Å²) in [7, 11) is 0. The van der Waals surface area contributed by atoms with Crippen LogP contribution in [0.15, 0.2) is 36.4 Å². The molecule has 28 heavy (non-hydrogen) atoms. The molecular weight excluding hydrogens is 352 g/mol. The Kier molecular flexibility index (Phi) is 6.25. The summed E-state index contributed by atoms with van der Waals surface area (Å²) in [5, 5.41) is 6.54. The molecule has 2 N–H and O–H groups in total. The number of anilines is 1. The first kappa shape index (κ1) is 20.2. The first-order valence-electron chi connectivity index (χ1n) is 9.89. The van der Waals surface area contributed by atoms with Gasteiger partial charge in [-0.2, -0.15) is 0 Å². The quantitative estimate of drug-likeness (QED) is 0.778. The third-order valence-corrected chi connectivity index (χ3v) is 5.07. The van der Waals surface area contributed by atoms with Crippen molar-refractivity contribution in [2.45, 2.75) is 46.7 Å². The van der Waals surface area contributed by atoms with Gasteiger partial charge in [-0.3, -0.25) is 10.1 Å². The Bertz CT molecular complexity index is 848. The first-order chi connectivity index (χ1) is 13.3. The number of aryl methyl sites for hydroxylation is 2. The minimum absolute atomic E-state index is 0.0233. The van der Waals surface area contributed by atoms with E-state index in [2.05, 4.69) is 24.5 Å². The highest BCUT2D eigenvalue weighted by Gasteiger charge is 2.24. The second kappa shape index (κ2) is 8.65. The van der Waals surface area contributed by atoms with Crippen molar-refractivity contribution in [2.75, 3.05) is 18.5 Å². The maximum atomic E-state index is 12.8. The highest BCUT2D eigenvalue weighted by atomic mass is 16.6. The smallest absolute Gasteiger partial charge is 0.241 e. The molecule has 1 aliphatic heterocycles. The van der Waals surface area contributed by atoms with Crippen molar-refractivity contribution in [3.05, 3.63) is 53.1 Å². The molecule has 0 fully saturated rings. The highest BCUT2D eigenvalue weighted by Crippen LogP contribution is 2.34. The number of rotatable bonds is 6. The zero-order valence-corrected chi connectivity index (χ0v) is 17.3. The van der Waals surface area contributed by atoms with E-state index >= 15 is 0 Å². The van der Waals surface area contributed by atoms with E-state index in [4.69, 9.17) is 9.47 Å². The second-order valence-corrected chi connectivity index (χ2v) is 7.82. The number of ether oxygens (including phenoxy) is 2. The van der Waals surface area contributed by atoms with Gasteiger partial charge in [-0.25, -0.2) is 0 Å². The third-order valence-electron chi connectivity index (χ3n) is 5.07. The molecule has 2 unspecified atom stereocenters. The summed E-state index contributed by atoms with van der Waals surface area (Å²) in [4.78, 5) is 12.8. The molecule has 2 atom stereocenters. The molecule has 0 aromatic heterocycles. The van der Waals surface area contributed by atoms with Crippen LogP contribution in [0.1, 0.15) is 43.5 Å². The molecule has 5 nitrogen and oxygen atoms in total. The number of hydrogen-bond acceptors (Lipinski definition) is 4. The molecule has 1 heterocycles. The Morgan fingerprint density at radius 1 is 0.964 bits per heavy atom. The summed E-state index contributed by atoms with van der Waals surface area (Å²) in [6, 6.07) is 11.7. The lowest BCUT2D eigenvalue weighted by atomic mass is 9.94. The number of fused-ring (bicyclic) bond motifs is 1. The van der Waals surface area contributed by atoms with Crippen molar-refractivity contribution in [3.63, 3.8) is 0 Å². The number of hydrogen-bond donors (Lipinski definition) is 2. The van der Waals surface area contributed by atoms with Crippen molar-refractivity contribution in [1.82, 2.24) is 5.32 Å². The Hall–Kier alpha value is -2.53. The summed E-state index contributed by atoms with van der Waals surface area (Å²) >= 11 is 0. The molecule has 0 radical (unpaired) electrons. The summed E-state index contributed by atoms with van der Waals surface area (Å²) in [6.07, 6.45) is 0. The maximum Gasteiger partial charge on any atom is 0.241 e. The molecule has 1 amide bonds. The van der Waals surface area contributed by atoms with Crippen LogP contribution in [0.25, 0.3) is 0 Å². The fraction of sp³-hybridized carbons (Fsp3) is 0.435. The molecule has 1 aliphatic rings. The highest BCUT2D eigenvalue weighted by molar-refractivity contribution is 5.95. The Labute approximate surface area is 167 Å². The van der Waals surface area contributed by atoms with E-state index in [1.54, 1.807) is 0 Å². The van der Waals surface area contributed by atoms with Crippen molar-refractivity contribution < 1.29 is 14.3 Å². The van der Waals surface area contributed by atoms with Crippen LogP contribution in [0.4, 0.5) is 5.69 Å². The van der Waals surface area contributed by atoms with Crippen LogP contribution in [-0.2, 0) is 4.79 Å². The van der Waals surface area contributed by atoms with Crippen molar-refractivity contribution in [2.24, 2.45) is 5.92 Å². The van der Waals surface area contributed by atoms with Crippen LogP contribution in [0.5, 0.6) is 11.5 Å². The predicted molar refractivity (Wildman–Crippen MR) is 112 cm³/mol. The molecule has 150 valence electrons. The third kappa shape index (κ3) is 4.65. The van der Waals surface area contributed by atoms with Gasteiger partial charge in [-0.15, -0.1) is 0 Å². The lowest BCUT2D eigenvalue weighted by Gasteiger charge is -2.28. The maximum absolute atomic E-state index is 12.8. The van der Waals surface area contributed by atoms with E-state index in [0.717, 1.165) is 33.9 Å². The predicted octanol–water partition coefficient (Wildman–Crippen LogP) is 4.39. The van der Waals surface area contributed by atoms with Gasteiger partial charge in [0.15, 0.2) is 11.5 Å². The minimum atomic E-state index is -0.347. The molecule has 0 bridgehead atoms. The number of carbonyl (C=O) groups excluding carboxylic acids is 1. The van der Waals surface area contributed by atoms with Crippen LogP contribution in [0, 0.1) is 19.8 Å². The fourth-order valence-electron chi connectivity index (χ4n) is 3.38. The molecule has 0 saturated carbocycles. The van der Waals surface area contributed by atoms with Gasteiger partial charge in [0.2, 0.25) is 5.91 Å². The normalized spacial score (nSPS) is 15.2. The van der Waals surface area contributed by atoms with Gasteiger partial charge in [-0.1, -0.05) is 32.0 Å². The van der Waals surface area contributed by atoms with Gasteiger partial charge >= 0.3 is 0 Å². The fourth-order valence-corrected chi connectivity index (χ4v) is 3.38. The summed E-state index contributed by atoms with van der Waals surface area (Å²) in [6.45, 7) is 11.3. The topological polar surface area (TPSA) is 59.6 Å². The van der Waals surface area contributed by atoms with Crippen LogP contribution >= 0.6 is 0 Å². The number of carbonyl (C=O) groups is 1. The van der Waals surface area contributed by atoms with Gasteiger partial charge in [0.1, 0.15) is 13.2 Å². The van der Waals surface area contributed by atoms with E-state index in [0.29, 0.717) is 19.1 Å². The number of amides is 1. The molecular formula is C23H30N2O3. The van der Waals surface area contributed by atoms with Gasteiger partial charge < -0.3 is 14.8 Å². The van der Waals surface area contributed by atoms with Gasteiger partial charge in [0, 0.05) is 11.7 Å². The lowest BCUT2D eigenvalue weighted by Crippen LogP contribution is -2.41.